The average molecular weight is 471 g/mol. The predicted octanol–water partition coefficient (Wildman–Crippen LogP) is 3.48. The first-order valence-corrected chi connectivity index (χ1v) is 10.9. The Balaban J connectivity index is 1.23. The largest absolute Gasteiger partial charge is 0.484 e. The molecule has 0 unspecified atom stereocenters. The molecule has 0 aliphatic rings. The summed E-state index contributed by atoms with van der Waals surface area (Å²) >= 11 is 0. The Morgan fingerprint density at radius 1 is 0.914 bits per heavy atom. The van der Waals surface area contributed by atoms with Crippen LogP contribution in [0.15, 0.2) is 96.1 Å². The molecular formula is C27H22FN3O4. The molecule has 0 bridgehead atoms. The van der Waals surface area contributed by atoms with Crippen molar-refractivity contribution in [2.75, 3.05) is 13.2 Å². The second-order valence-corrected chi connectivity index (χ2v) is 7.67. The molecule has 35 heavy (non-hydrogen) atoms. The summed E-state index contributed by atoms with van der Waals surface area (Å²) in [6, 6.07) is 22.6. The van der Waals surface area contributed by atoms with Gasteiger partial charge in [0.25, 0.3) is 11.5 Å². The first-order chi connectivity index (χ1) is 17.0. The Hall–Kier alpha value is -4.59. The number of nitrogens with one attached hydrogen (secondary N) is 1. The van der Waals surface area contributed by atoms with E-state index in [1.54, 1.807) is 60.7 Å². The number of ketones is 1. The Labute approximate surface area is 200 Å². The third-order valence-electron chi connectivity index (χ3n) is 5.22. The van der Waals surface area contributed by atoms with Crippen molar-refractivity contribution in [3.05, 3.63) is 119 Å². The number of hydrogen-bond donors (Lipinski definition) is 1. The van der Waals surface area contributed by atoms with E-state index < -0.39 is 0 Å². The van der Waals surface area contributed by atoms with Gasteiger partial charge in [-0.3, -0.25) is 19.0 Å². The molecule has 0 fully saturated rings. The van der Waals surface area contributed by atoms with Crippen molar-refractivity contribution in [3.63, 3.8) is 0 Å². The van der Waals surface area contributed by atoms with Gasteiger partial charge in [-0.15, -0.1) is 0 Å². The standard InChI is InChI=1S/C27H22FN3O4/c28-22-10-6-19(7-11-22)24-16-26(33)31(18-30-24)15-14-29-25(32)17-35-23-12-8-21(9-13-23)27(34)20-4-2-1-3-5-20/h1-13,16,18H,14-15,17H2,(H,29,32). The molecule has 1 aromatic heterocycles. The van der Waals surface area contributed by atoms with Crippen molar-refractivity contribution in [1.82, 2.24) is 14.9 Å². The topological polar surface area (TPSA) is 90.3 Å². The van der Waals surface area contributed by atoms with E-state index in [-0.39, 0.29) is 42.8 Å². The number of carbonyl (C=O) groups is 2. The van der Waals surface area contributed by atoms with Crippen LogP contribution in [0, 0.1) is 5.82 Å². The quantitative estimate of drug-likeness (QED) is 0.378. The van der Waals surface area contributed by atoms with Crippen molar-refractivity contribution >= 4 is 11.7 Å². The van der Waals surface area contributed by atoms with Gasteiger partial charge in [0.05, 0.1) is 12.0 Å². The highest BCUT2D eigenvalue weighted by molar-refractivity contribution is 6.08. The van der Waals surface area contributed by atoms with Gasteiger partial charge in [-0.1, -0.05) is 30.3 Å². The van der Waals surface area contributed by atoms with E-state index in [1.165, 1.54) is 29.1 Å². The molecule has 0 spiro atoms. The minimum atomic E-state index is -0.364. The molecule has 4 rings (SSSR count). The van der Waals surface area contributed by atoms with Crippen LogP contribution in [0.4, 0.5) is 4.39 Å². The molecule has 4 aromatic rings. The van der Waals surface area contributed by atoms with Crippen molar-refractivity contribution in [2.24, 2.45) is 0 Å². The summed E-state index contributed by atoms with van der Waals surface area (Å²) in [6.07, 6.45) is 1.39. The number of amides is 1. The second kappa shape index (κ2) is 11.0. The lowest BCUT2D eigenvalue weighted by molar-refractivity contribution is -0.123. The van der Waals surface area contributed by atoms with Crippen LogP contribution in [-0.4, -0.2) is 34.4 Å². The van der Waals surface area contributed by atoms with Crippen molar-refractivity contribution in [2.45, 2.75) is 6.54 Å². The maximum absolute atomic E-state index is 13.1. The molecule has 7 nitrogen and oxygen atoms in total. The van der Waals surface area contributed by atoms with Gasteiger partial charge in [0.15, 0.2) is 12.4 Å². The third kappa shape index (κ3) is 6.26. The third-order valence-corrected chi connectivity index (χ3v) is 5.22. The molecule has 176 valence electrons. The van der Waals surface area contributed by atoms with E-state index in [0.717, 1.165) is 0 Å². The Bertz CT molecular complexity index is 1370. The number of aromatic nitrogens is 2. The molecule has 0 aliphatic heterocycles. The summed E-state index contributed by atoms with van der Waals surface area (Å²) in [7, 11) is 0. The van der Waals surface area contributed by atoms with E-state index in [2.05, 4.69) is 10.3 Å². The van der Waals surface area contributed by atoms with Gasteiger partial charge in [-0.25, -0.2) is 9.37 Å². The maximum Gasteiger partial charge on any atom is 0.258 e. The minimum absolute atomic E-state index is 0.0923. The Morgan fingerprint density at radius 2 is 1.60 bits per heavy atom. The summed E-state index contributed by atoms with van der Waals surface area (Å²) in [4.78, 5) is 41.1. The van der Waals surface area contributed by atoms with Gasteiger partial charge in [0, 0.05) is 35.8 Å². The van der Waals surface area contributed by atoms with Crippen LogP contribution in [0.2, 0.25) is 0 Å². The summed E-state index contributed by atoms with van der Waals surface area (Å²) in [5.74, 6) is -0.345. The number of carbonyl (C=O) groups excluding carboxylic acids is 2. The van der Waals surface area contributed by atoms with Crippen LogP contribution in [-0.2, 0) is 11.3 Å². The number of ether oxygens (including phenoxy) is 1. The van der Waals surface area contributed by atoms with E-state index in [9.17, 15) is 18.8 Å². The molecule has 1 amide bonds. The fraction of sp³-hybridized carbons (Fsp3) is 0.111. The van der Waals surface area contributed by atoms with E-state index in [1.807, 2.05) is 6.07 Å². The Morgan fingerprint density at radius 3 is 2.29 bits per heavy atom. The SMILES string of the molecule is O=C(COc1ccc(C(=O)c2ccccc2)cc1)NCCn1cnc(-c2ccc(F)cc2)cc1=O. The molecule has 0 atom stereocenters. The van der Waals surface area contributed by atoms with Gasteiger partial charge in [-0.2, -0.15) is 0 Å². The lowest BCUT2D eigenvalue weighted by atomic mass is 10.0. The molecule has 0 saturated heterocycles. The van der Waals surface area contributed by atoms with Crippen LogP contribution < -0.4 is 15.6 Å². The molecule has 0 radical (unpaired) electrons. The monoisotopic (exact) mass is 471 g/mol. The average Bonchev–Trinajstić information content (AvgIpc) is 2.89. The highest BCUT2D eigenvalue weighted by Gasteiger charge is 2.09. The van der Waals surface area contributed by atoms with Crippen molar-refractivity contribution in [3.8, 4) is 17.0 Å². The van der Waals surface area contributed by atoms with Crippen LogP contribution in [0.1, 0.15) is 15.9 Å². The maximum atomic E-state index is 13.1. The predicted molar refractivity (Wildman–Crippen MR) is 129 cm³/mol. The molecule has 1 N–H and O–H groups in total. The zero-order chi connectivity index (χ0) is 24.6. The highest BCUT2D eigenvalue weighted by Crippen LogP contribution is 2.16. The number of halogens is 1. The fourth-order valence-corrected chi connectivity index (χ4v) is 3.35. The summed E-state index contributed by atoms with van der Waals surface area (Å²) < 4.78 is 19.9. The van der Waals surface area contributed by atoms with Crippen LogP contribution in [0.25, 0.3) is 11.3 Å². The minimum Gasteiger partial charge on any atom is -0.484 e. The highest BCUT2D eigenvalue weighted by atomic mass is 19.1. The smallest absolute Gasteiger partial charge is 0.258 e. The number of hydrogen-bond acceptors (Lipinski definition) is 5. The van der Waals surface area contributed by atoms with Gasteiger partial charge >= 0.3 is 0 Å². The van der Waals surface area contributed by atoms with Gasteiger partial charge in [0.2, 0.25) is 0 Å². The van der Waals surface area contributed by atoms with Gasteiger partial charge < -0.3 is 10.1 Å². The number of rotatable bonds is 9. The lowest BCUT2D eigenvalue weighted by Crippen LogP contribution is -2.33. The van der Waals surface area contributed by atoms with Crippen LogP contribution in [0.5, 0.6) is 5.75 Å². The van der Waals surface area contributed by atoms with E-state index in [4.69, 9.17) is 4.74 Å². The van der Waals surface area contributed by atoms with Gasteiger partial charge in [0.1, 0.15) is 11.6 Å². The number of benzene rings is 3. The van der Waals surface area contributed by atoms with E-state index in [0.29, 0.717) is 28.1 Å². The first-order valence-electron chi connectivity index (χ1n) is 10.9. The summed E-state index contributed by atoms with van der Waals surface area (Å²) in [5, 5.41) is 2.69. The summed E-state index contributed by atoms with van der Waals surface area (Å²) in [5.41, 5.74) is 1.92. The Kier molecular flexibility index (Phi) is 7.42. The first kappa shape index (κ1) is 23.6. The molecule has 0 saturated carbocycles. The number of nitrogens with zero attached hydrogens (tertiary/aromatic N) is 2. The lowest BCUT2D eigenvalue weighted by Gasteiger charge is -2.10. The molecule has 8 heteroatoms. The van der Waals surface area contributed by atoms with Crippen LogP contribution in [0.3, 0.4) is 0 Å². The summed E-state index contributed by atoms with van der Waals surface area (Å²) in [6.45, 7) is 0.240. The van der Waals surface area contributed by atoms with E-state index >= 15 is 0 Å². The molecule has 1 heterocycles. The fourth-order valence-electron chi connectivity index (χ4n) is 3.35. The molecule has 0 aliphatic carbocycles. The molecular weight excluding hydrogens is 449 g/mol. The van der Waals surface area contributed by atoms with Crippen molar-refractivity contribution < 1.29 is 18.7 Å². The normalized spacial score (nSPS) is 10.5. The molecule has 3 aromatic carbocycles. The zero-order valence-electron chi connectivity index (χ0n) is 18.7. The van der Waals surface area contributed by atoms with Crippen LogP contribution >= 0.6 is 0 Å². The van der Waals surface area contributed by atoms with Gasteiger partial charge in [-0.05, 0) is 48.5 Å². The van der Waals surface area contributed by atoms with Crippen molar-refractivity contribution in [1.29, 1.82) is 0 Å². The second-order valence-electron chi connectivity index (χ2n) is 7.67. The zero-order valence-corrected chi connectivity index (χ0v) is 18.7.